The third-order valence-electron chi connectivity index (χ3n) is 3.88. The van der Waals surface area contributed by atoms with Crippen LogP contribution in [0.1, 0.15) is 23.6 Å². The lowest BCUT2D eigenvalue weighted by Gasteiger charge is -2.07. The molecule has 0 radical (unpaired) electrons. The van der Waals surface area contributed by atoms with Crippen LogP contribution in [-0.2, 0) is 19.6 Å². The zero-order chi connectivity index (χ0) is 14.8. The van der Waals surface area contributed by atoms with Crippen molar-refractivity contribution in [3.8, 4) is 0 Å². The number of hydrogen-bond acceptors (Lipinski definition) is 1. The smallest absolute Gasteiger partial charge is 0.0702 e. The van der Waals surface area contributed by atoms with Crippen molar-refractivity contribution >= 4 is 22.5 Å². The van der Waals surface area contributed by atoms with Crippen LogP contribution < -0.4 is 0 Å². The largest absolute Gasteiger partial charge is 0.392 e. The number of aromatic nitrogens is 1. The first-order valence-corrected chi connectivity index (χ1v) is 7.55. The maximum atomic E-state index is 9.51. The van der Waals surface area contributed by atoms with Gasteiger partial charge >= 0.3 is 0 Å². The summed E-state index contributed by atoms with van der Waals surface area (Å²) in [5.41, 5.74) is 4.58. The fourth-order valence-electron chi connectivity index (χ4n) is 2.68. The average molecular weight is 300 g/mol. The third-order valence-corrected chi connectivity index (χ3v) is 4.12. The molecular formula is C18H18ClNO. The molecule has 0 fully saturated rings. The van der Waals surface area contributed by atoms with E-state index in [1.54, 1.807) is 0 Å². The number of benzene rings is 2. The normalized spacial score (nSPS) is 11.2. The van der Waals surface area contributed by atoms with Gasteiger partial charge in [-0.15, -0.1) is 0 Å². The zero-order valence-corrected chi connectivity index (χ0v) is 12.8. The fourth-order valence-corrected chi connectivity index (χ4v) is 2.84. The van der Waals surface area contributed by atoms with Gasteiger partial charge in [0, 0.05) is 28.7 Å². The maximum absolute atomic E-state index is 9.51. The van der Waals surface area contributed by atoms with E-state index in [-0.39, 0.29) is 6.61 Å². The highest BCUT2D eigenvalue weighted by atomic mass is 35.5. The van der Waals surface area contributed by atoms with Gasteiger partial charge in [0.1, 0.15) is 0 Å². The van der Waals surface area contributed by atoms with E-state index in [0.717, 1.165) is 29.4 Å². The van der Waals surface area contributed by atoms with Crippen molar-refractivity contribution in [1.82, 2.24) is 4.57 Å². The summed E-state index contributed by atoms with van der Waals surface area (Å²) < 4.78 is 2.15. The quantitative estimate of drug-likeness (QED) is 0.759. The number of halogens is 1. The van der Waals surface area contributed by atoms with Gasteiger partial charge in [0.15, 0.2) is 0 Å². The Morgan fingerprint density at radius 2 is 1.76 bits per heavy atom. The number of aliphatic hydroxyl groups is 1. The lowest BCUT2D eigenvalue weighted by atomic mass is 10.1. The summed E-state index contributed by atoms with van der Waals surface area (Å²) >= 11 is 6.11. The summed E-state index contributed by atoms with van der Waals surface area (Å²) in [5, 5.41) is 11.3. The van der Waals surface area contributed by atoms with E-state index < -0.39 is 0 Å². The van der Waals surface area contributed by atoms with Gasteiger partial charge in [-0.3, -0.25) is 0 Å². The van der Waals surface area contributed by atoms with Crippen LogP contribution in [0.2, 0.25) is 5.02 Å². The minimum absolute atomic E-state index is 0.0416. The van der Waals surface area contributed by atoms with Crippen molar-refractivity contribution in [3.63, 3.8) is 0 Å². The standard InChI is InChI=1S/C18H18ClNO/c1-2-13-3-5-14(6-4-13)10-20-11-15(12-21)17-8-7-16(19)9-18(17)20/h3-9,11,21H,2,10,12H2,1H3. The fraction of sp³-hybridized carbons (Fsp3) is 0.222. The van der Waals surface area contributed by atoms with Crippen LogP contribution in [0.5, 0.6) is 0 Å². The first kappa shape index (κ1) is 14.2. The van der Waals surface area contributed by atoms with Crippen molar-refractivity contribution in [3.05, 3.63) is 70.4 Å². The average Bonchev–Trinajstić information content (AvgIpc) is 2.85. The van der Waals surface area contributed by atoms with Crippen molar-refractivity contribution in [1.29, 1.82) is 0 Å². The van der Waals surface area contributed by atoms with E-state index in [4.69, 9.17) is 11.6 Å². The van der Waals surface area contributed by atoms with Crippen LogP contribution >= 0.6 is 11.6 Å². The van der Waals surface area contributed by atoms with Crippen molar-refractivity contribution in [2.45, 2.75) is 26.5 Å². The Balaban J connectivity index is 2.00. The van der Waals surface area contributed by atoms with E-state index >= 15 is 0 Å². The van der Waals surface area contributed by atoms with Crippen molar-refractivity contribution < 1.29 is 5.11 Å². The van der Waals surface area contributed by atoms with Gasteiger partial charge in [-0.25, -0.2) is 0 Å². The summed E-state index contributed by atoms with van der Waals surface area (Å²) in [6.45, 7) is 2.98. The number of fused-ring (bicyclic) bond motifs is 1. The molecule has 0 bridgehead atoms. The van der Waals surface area contributed by atoms with Gasteiger partial charge < -0.3 is 9.67 Å². The first-order chi connectivity index (χ1) is 10.2. The Bertz CT molecular complexity index is 759. The lowest BCUT2D eigenvalue weighted by molar-refractivity contribution is 0.283. The topological polar surface area (TPSA) is 25.2 Å². The summed E-state index contributed by atoms with van der Waals surface area (Å²) in [4.78, 5) is 0. The lowest BCUT2D eigenvalue weighted by Crippen LogP contribution is -1.98. The molecule has 3 rings (SSSR count). The predicted molar refractivity (Wildman–Crippen MR) is 87.8 cm³/mol. The number of hydrogen-bond donors (Lipinski definition) is 1. The molecule has 2 aromatic carbocycles. The minimum atomic E-state index is 0.0416. The molecule has 108 valence electrons. The Morgan fingerprint density at radius 1 is 1.05 bits per heavy atom. The Hall–Kier alpha value is -1.77. The zero-order valence-electron chi connectivity index (χ0n) is 12.0. The molecule has 1 heterocycles. The van der Waals surface area contributed by atoms with Gasteiger partial charge in [-0.2, -0.15) is 0 Å². The second-order valence-corrected chi connectivity index (χ2v) is 5.71. The molecule has 0 saturated carbocycles. The Labute approximate surface area is 129 Å². The SMILES string of the molecule is CCc1ccc(Cn2cc(CO)c3ccc(Cl)cc32)cc1. The molecule has 1 aromatic heterocycles. The first-order valence-electron chi connectivity index (χ1n) is 7.17. The van der Waals surface area contributed by atoms with Crippen LogP contribution in [0, 0.1) is 0 Å². The highest BCUT2D eigenvalue weighted by Gasteiger charge is 2.08. The van der Waals surface area contributed by atoms with E-state index in [1.165, 1.54) is 11.1 Å². The molecule has 21 heavy (non-hydrogen) atoms. The van der Waals surface area contributed by atoms with Crippen LogP contribution in [-0.4, -0.2) is 9.67 Å². The maximum Gasteiger partial charge on any atom is 0.0702 e. The molecule has 0 atom stereocenters. The molecule has 0 aliphatic rings. The van der Waals surface area contributed by atoms with E-state index in [0.29, 0.717) is 5.02 Å². The molecule has 0 unspecified atom stereocenters. The highest BCUT2D eigenvalue weighted by molar-refractivity contribution is 6.31. The molecule has 0 aliphatic heterocycles. The molecule has 0 spiro atoms. The molecule has 0 aliphatic carbocycles. The van der Waals surface area contributed by atoms with Gasteiger partial charge in [-0.05, 0) is 29.7 Å². The molecular weight excluding hydrogens is 282 g/mol. The van der Waals surface area contributed by atoms with Gasteiger partial charge in [0.2, 0.25) is 0 Å². The van der Waals surface area contributed by atoms with Gasteiger partial charge in [0.25, 0.3) is 0 Å². The van der Waals surface area contributed by atoms with E-state index in [2.05, 4.69) is 35.8 Å². The Morgan fingerprint density at radius 3 is 2.43 bits per heavy atom. The summed E-state index contributed by atoms with van der Waals surface area (Å²) in [6.07, 6.45) is 3.06. The molecule has 3 aromatic rings. The van der Waals surface area contributed by atoms with Crippen molar-refractivity contribution in [2.24, 2.45) is 0 Å². The highest BCUT2D eigenvalue weighted by Crippen LogP contribution is 2.25. The third kappa shape index (κ3) is 2.82. The number of nitrogens with zero attached hydrogens (tertiary/aromatic N) is 1. The summed E-state index contributed by atoms with van der Waals surface area (Å²) in [6, 6.07) is 14.4. The van der Waals surface area contributed by atoms with Gasteiger partial charge in [0.05, 0.1) is 12.1 Å². The molecule has 2 nitrogen and oxygen atoms in total. The van der Waals surface area contributed by atoms with Crippen molar-refractivity contribution in [2.75, 3.05) is 0 Å². The second-order valence-electron chi connectivity index (χ2n) is 5.27. The Kier molecular flexibility index (Phi) is 4.00. The van der Waals surface area contributed by atoms with Crippen LogP contribution in [0.3, 0.4) is 0 Å². The molecule has 3 heteroatoms. The second kappa shape index (κ2) is 5.92. The monoisotopic (exact) mass is 299 g/mol. The van der Waals surface area contributed by atoms with E-state index in [9.17, 15) is 5.11 Å². The van der Waals surface area contributed by atoms with Crippen LogP contribution in [0.15, 0.2) is 48.7 Å². The summed E-state index contributed by atoms with van der Waals surface area (Å²) in [5.74, 6) is 0. The molecule has 1 N–H and O–H groups in total. The van der Waals surface area contributed by atoms with Gasteiger partial charge in [-0.1, -0.05) is 48.9 Å². The predicted octanol–water partition coefficient (Wildman–Crippen LogP) is 4.40. The minimum Gasteiger partial charge on any atom is -0.392 e. The number of rotatable bonds is 4. The van der Waals surface area contributed by atoms with Crippen LogP contribution in [0.25, 0.3) is 10.9 Å². The number of aliphatic hydroxyl groups excluding tert-OH is 1. The summed E-state index contributed by atoms with van der Waals surface area (Å²) in [7, 11) is 0. The molecule has 0 saturated heterocycles. The van der Waals surface area contributed by atoms with Crippen LogP contribution in [0.4, 0.5) is 0 Å². The number of aryl methyl sites for hydroxylation is 1. The molecule has 0 amide bonds. The van der Waals surface area contributed by atoms with E-state index in [1.807, 2.05) is 24.4 Å².